The first-order valence-corrected chi connectivity index (χ1v) is 8.69. The third kappa shape index (κ3) is 4.08. The molecule has 0 aromatic heterocycles. The summed E-state index contributed by atoms with van der Waals surface area (Å²) in [6.45, 7) is 2.91. The number of amides is 1. The number of hydrogen-bond donors (Lipinski definition) is 1. The number of alkyl halides is 3. The number of aryl methyl sites for hydroxylation is 1. The Labute approximate surface area is 159 Å². The Morgan fingerprint density at radius 1 is 1.14 bits per heavy atom. The number of hydrogen-bond acceptors (Lipinski definition) is 4. The van der Waals surface area contributed by atoms with Gasteiger partial charge in [0.15, 0.2) is 0 Å². The fraction of sp³-hybridized carbons (Fsp3) is 0.316. The van der Waals surface area contributed by atoms with Crippen LogP contribution in [-0.4, -0.2) is 23.9 Å². The number of nitro groups is 1. The van der Waals surface area contributed by atoms with Crippen molar-refractivity contribution in [3.8, 4) is 0 Å². The molecule has 1 amide bonds. The minimum atomic E-state index is -4.55. The molecule has 0 bridgehead atoms. The summed E-state index contributed by atoms with van der Waals surface area (Å²) >= 11 is 0. The number of nitrogens with zero attached hydrogens (tertiary/aromatic N) is 2. The van der Waals surface area contributed by atoms with Gasteiger partial charge < -0.3 is 10.2 Å². The molecule has 3 rings (SSSR count). The second kappa shape index (κ2) is 7.49. The van der Waals surface area contributed by atoms with E-state index in [1.54, 1.807) is 0 Å². The monoisotopic (exact) mass is 393 g/mol. The molecule has 1 aliphatic rings. The molecule has 1 heterocycles. The van der Waals surface area contributed by atoms with Gasteiger partial charge in [-0.2, -0.15) is 13.2 Å². The third-order valence-electron chi connectivity index (χ3n) is 4.69. The highest BCUT2D eigenvalue weighted by Crippen LogP contribution is 2.36. The van der Waals surface area contributed by atoms with Crippen molar-refractivity contribution in [2.24, 2.45) is 0 Å². The molecule has 2 aromatic rings. The molecule has 0 aliphatic carbocycles. The van der Waals surface area contributed by atoms with Crippen molar-refractivity contribution in [3.05, 3.63) is 63.2 Å². The van der Waals surface area contributed by atoms with Gasteiger partial charge in [0.05, 0.1) is 21.9 Å². The SMILES string of the molecule is Cc1ccc(C(=O)Nc2cc(C(F)(F)F)ccc2N2CCCC2)cc1[N+](=O)[O-]. The van der Waals surface area contributed by atoms with Gasteiger partial charge in [-0.25, -0.2) is 0 Å². The molecule has 0 unspecified atom stereocenters. The zero-order valence-electron chi connectivity index (χ0n) is 15.0. The average Bonchev–Trinajstić information content (AvgIpc) is 3.15. The van der Waals surface area contributed by atoms with Crippen LogP contribution in [0, 0.1) is 17.0 Å². The topological polar surface area (TPSA) is 75.5 Å². The van der Waals surface area contributed by atoms with Crippen molar-refractivity contribution in [1.29, 1.82) is 0 Å². The zero-order chi connectivity index (χ0) is 20.5. The van der Waals surface area contributed by atoms with Gasteiger partial charge in [-0.15, -0.1) is 0 Å². The van der Waals surface area contributed by atoms with Crippen LogP contribution in [0.3, 0.4) is 0 Å². The van der Waals surface area contributed by atoms with E-state index in [2.05, 4.69) is 5.32 Å². The van der Waals surface area contributed by atoms with E-state index in [0.29, 0.717) is 24.3 Å². The number of anilines is 2. The van der Waals surface area contributed by atoms with Crippen LogP contribution in [0.1, 0.15) is 34.3 Å². The highest BCUT2D eigenvalue weighted by molar-refractivity contribution is 6.06. The van der Waals surface area contributed by atoms with E-state index in [1.807, 2.05) is 4.90 Å². The zero-order valence-corrected chi connectivity index (χ0v) is 15.0. The first-order valence-electron chi connectivity index (χ1n) is 8.69. The highest BCUT2D eigenvalue weighted by Gasteiger charge is 2.32. The Hall–Kier alpha value is -3.10. The van der Waals surface area contributed by atoms with E-state index in [4.69, 9.17) is 0 Å². The molecule has 0 radical (unpaired) electrons. The van der Waals surface area contributed by atoms with Crippen LogP contribution in [0.25, 0.3) is 0 Å². The Morgan fingerprint density at radius 3 is 2.43 bits per heavy atom. The quantitative estimate of drug-likeness (QED) is 0.599. The van der Waals surface area contributed by atoms with Crippen LogP contribution in [0.5, 0.6) is 0 Å². The minimum Gasteiger partial charge on any atom is -0.370 e. The molecule has 0 atom stereocenters. The number of halogens is 3. The predicted molar refractivity (Wildman–Crippen MR) is 98.7 cm³/mol. The molecule has 1 saturated heterocycles. The van der Waals surface area contributed by atoms with Crippen molar-refractivity contribution < 1.29 is 22.9 Å². The van der Waals surface area contributed by atoms with E-state index in [-0.39, 0.29) is 16.9 Å². The summed E-state index contributed by atoms with van der Waals surface area (Å²) in [7, 11) is 0. The summed E-state index contributed by atoms with van der Waals surface area (Å²) in [5.74, 6) is -0.706. The summed E-state index contributed by atoms with van der Waals surface area (Å²) in [5.41, 5.74) is -0.178. The Bertz CT molecular complexity index is 922. The summed E-state index contributed by atoms with van der Waals surface area (Å²) in [5, 5.41) is 13.6. The molecule has 1 N–H and O–H groups in total. The number of rotatable bonds is 4. The van der Waals surface area contributed by atoms with Crippen LogP contribution < -0.4 is 10.2 Å². The van der Waals surface area contributed by atoms with Gasteiger partial charge in [-0.3, -0.25) is 14.9 Å². The number of carbonyl (C=O) groups is 1. The number of carbonyl (C=O) groups excluding carboxylic acids is 1. The molecule has 2 aromatic carbocycles. The van der Waals surface area contributed by atoms with Crippen LogP contribution in [0.2, 0.25) is 0 Å². The Morgan fingerprint density at radius 2 is 1.82 bits per heavy atom. The molecule has 28 heavy (non-hydrogen) atoms. The molecule has 0 spiro atoms. The molecule has 9 heteroatoms. The van der Waals surface area contributed by atoms with E-state index < -0.39 is 22.6 Å². The number of nitrogens with one attached hydrogen (secondary N) is 1. The van der Waals surface area contributed by atoms with Gasteiger partial charge >= 0.3 is 6.18 Å². The lowest BCUT2D eigenvalue weighted by molar-refractivity contribution is -0.385. The maximum Gasteiger partial charge on any atom is 0.416 e. The molecular formula is C19H18F3N3O3. The lowest BCUT2D eigenvalue weighted by atomic mass is 10.1. The van der Waals surface area contributed by atoms with Gasteiger partial charge in [0.1, 0.15) is 0 Å². The standard InChI is InChI=1S/C19H18F3N3O3/c1-12-4-5-13(10-17(12)25(27)28)18(26)23-15-11-14(19(20,21)22)6-7-16(15)24-8-2-3-9-24/h4-7,10-11H,2-3,8-9H2,1H3,(H,23,26). The number of nitro benzene ring substituents is 1. The van der Waals surface area contributed by atoms with E-state index in [0.717, 1.165) is 31.0 Å². The highest BCUT2D eigenvalue weighted by atomic mass is 19.4. The van der Waals surface area contributed by atoms with Gasteiger partial charge in [-0.1, -0.05) is 6.07 Å². The lowest BCUT2D eigenvalue weighted by Gasteiger charge is -2.23. The van der Waals surface area contributed by atoms with Crippen LogP contribution >= 0.6 is 0 Å². The maximum atomic E-state index is 13.1. The fourth-order valence-corrected chi connectivity index (χ4v) is 3.19. The van der Waals surface area contributed by atoms with Gasteiger partial charge in [0.2, 0.25) is 0 Å². The molecule has 148 valence electrons. The van der Waals surface area contributed by atoms with Gasteiger partial charge in [0.25, 0.3) is 11.6 Å². The normalized spacial score (nSPS) is 14.2. The van der Waals surface area contributed by atoms with E-state index in [1.165, 1.54) is 25.1 Å². The van der Waals surface area contributed by atoms with Gasteiger partial charge in [-0.05, 0) is 44.0 Å². The second-order valence-electron chi connectivity index (χ2n) is 6.64. The Balaban J connectivity index is 1.96. The van der Waals surface area contributed by atoms with Crippen molar-refractivity contribution in [2.75, 3.05) is 23.3 Å². The Kier molecular flexibility index (Phi) is 5.26. The first-order chi connectivity index (χ1) is 13.2. The second-order valence-corrected chi connectivity index (χ2v) is 6.64. The van der Waals surface area contributed by atoms with Crippen LogP contribution in [0.15, 0.2) is 36.4 Å². The summed E-state index contributed by atoms with van der Waals surface area (Å²) < 4.78 is 39.4. The average molecular weight is 393 g/mol. The maximum absolute atomic E-state index is 13.1. The molecule has 1 fully saturated rings. The smallest absolute Gasteiger partial charge is 0.370 e. The summed E-state index contributed by atoms with van der Waals surface area (Å²) in [6, 6.07) is 7.19. The molecule has 1 aliphatic heterocycles. The van der Waals surface area contributed by atoms with Crippen molar-refractivity contribution in [2.45, 2.75) is 25.9 Å². The molecule has 6 nitrogen and oxygen atoms in total. The van der Waals surface area contributed by atoms with Gasteiger partial charge in [0, 0.05) is 30.3 Å². The molecule has 0 saturated carbocycles. The third-order valence-corrected chi connectivity index (χ3v) is 4.69. The first kappa shape index (κ1) is 19.7. The lowest BCUT2D eigenvalue weighted by Crippen LogP contribution is -2.22. The minimum absolute atomic E-state index is 0.00193. The number of benzene rings is 2. The van der Waals surface area contributed by atoms with E-state index >= 15 is 0 Å². The van der Waals surface area contributed by atoms with Crippen molar-refractivity contribution in [3.63, 3.8) is 0 Å². The summed E-state index contributed by atoms with van der Waals surface area (Å²) in [4.78, 5) is 25.0. The van der Waals surface area contributed by atoms with E-state index in [9.17, 15) is 28.1 Å². The summed E-state index contributed by atoms with van der Waals surface area (Å²) in [6.07, 6.45) is -2.72. The van der Waals surface area contributed by atoms with Crippen molar-refractivity contribution in [1.82, 2.24) is 0 Å². The fourth-order valence-electron chi connectivity index (χ4n) is 3.19. The van der Waals surface area contributed by atoms with Crippen LogP contribution in [-0.2, 0) is 6.18 Å². The van der Waals surface area contributed by atoms with Crippen LogP contribution in [0.4, 0.5) is 30.2 Å². The largest absolute Gasteiger partial charge is 0.416 e. The predicted octanol–water partition coefficient (Wildman–Crippen LogP) is 4.77. The molecular weight excluding hydrogens is 375 g/mol. The van der Waals surface area contributed by atoms with Crippen molar-refractivity contribution >= 4 is 23.0 Å².